The molecule has 0 aliphatic heterocycles. The van der Waals surface area contributed by atoms with E-state index in [0.717, 1.165) is 17.3 Å². The summed E-state index contributed by atoms with van der Waals surface area (Å²) in [5.41, 5.74) is 0.666. The Balaban J connectivity index is 2.50. The van der Waals surface area contributed by atoms with Crippen LogP contribution in [0.4, 0.5) is 0 Å². The Kier molecular flexibility index (Phi) is 7.80. The fraction of sp³-hybridized carbons (Fsp3) is 0.529. The maximum absolute atomic E-state index is 12.5. The van der Waals surface area contributed by atoms with Gasteiger partial charge in [0.05, 0.1) is 11.4 Å². The van der Waals surface area contributed by atoms with Gasteiger partial charge >= 0.3 is 0 Å². The van der Waals surface area contributed by atoms with Crippen LogP contribution < -0.4 is 0 Å². The van der Waals surface area contributed by atoms with Crippen molar-refractivity contribution in [3.8, 4) is 11.4 Å². The highest BCUT2D eigenvalue weighted by atomic mass is 32.2. The molecule has 150 valence electrons. The van der Waals surface area contributed by atoms with E-state index < -0.39 is 16.3 Å². The Bertz CT molecular complexity index is 848. The highest BCUT2D eigenvalue weighted by Gasteiger charge is 2.21. The second-order valence-electron chi connectivity index (χ2n) is 5.98. The zero-order valence-electron chi connectivity index (χ0n) is 16.2. The lowest BCUT2D eigenvalue weighted by atomic mass is 10.2. The van der Waals surface area contributed by atoms with Crippen molar-refractivity contribution in [2.45, 2.75) is 36.2 Å². The van der Waals surface area contributed by atoms with Gasteiger partial charge in [-0.25, -0.2) is 12.7 Å². The van der Waals surface area contributed by atoms with Crippen LogP contribution >= 0.6 is 11.8 Å². The van der Waals surface area contributed by atoms with Crippen LogP contribution in [0.3, 0.4) is 0 Å². The molecule has 0 saturated carbocycles. The van der Waals surface area contributed by atoms with E-state index in [1.54, 1.807) is 44.2 Å². The normalized spacial score (nSPS) is 12.3. The van der Waals surface area contributed by atoms with Crippen molar-refractivity contribution in [3.05, 3.63) is 24.3 Å². The first-order valence-electron chi connectivity index (χ1n) is 8.49. The van der Waals surface area contributed by atoms with Gasteiger partial charge in [0.15, 0.2) is 17.3 Å². The number of hydrogen-bond acceptors (Lipinski definition) is 7. The Morgan fingerprint density at radius 3 is 2.52 bits per heavy atom. The van der Waals surface area contributed by atoms with Crippen LogP contribution in [0.1, 0.15) is 13.3 Å². The summed E-state index contributed by atoms with van der Waals surface area (Å²) in [5, 5.41) is 9.33. The summed E-state index contributed by atoms with van der Waals surface area (Å²) in [6, 6.07) is 6.70. The lowest BCUT2D eigenvalue weighted by Gasteiger charge is -2.17. The summed E-state index contributed by atoms with van der Waals surface area (Å²) in [6.45, 7) is 2.49. The molecule has 0 bridgehead atoms. The molecule has 10 heteroatoms. The lowest BCUT2D eigenvalue weighted by molar-refractivity contribution is -0.111. The number of rotatable bonds is 10. The summed E-state index contributed by atoms with van der Waals surface area (Å²) < 4.78 is 38.6. The van der Waals surface area contributed by atoms with Gasteiger partial charge in [-0.15, -0.1) is 10.2 Å². The van der Waals surface area contributed by atoms with Gasteiger partial charge in [0, 0.05) is 39.6 Å². The van der Waals surface area contributed by atoms with E-state index >= 15 is 0 Å². The summed E-state index contributed by atoms with van der Waals surface area (Å²) in [4.78, 5) is 0.206. The largest absolute Gasteiger partial charge is 0.354 e. The number of nitrogens with zero attached hydrogens (tertiary/aromatic N) is 4. The van der Waals surface area contributed by atoms with Crippen LogP contribution in [0.2, 0.25) is 0 Å². The van der Waals surface area contributed by atoms with Gasteiger partial charge in [0.2, 0.25) is 10.0 Å². The van der Waals surface area contributed by atoms with Crippen LogP contribution in [-0.4, -0.2) is 67.8 Å². The van der Waals surface area contributed by atoms with Crippen molar-refractivity contribution in [1.82, 2.24) is 19.1 Å². The standard InChI is InChI=1S/C17H26N4O4S2/c1-6-10-26-17-19-18-16(21(17)12-15(24-4)25-5)13-8-7-9-14(11-13)27(22,23)20(2)3/h7-9,11,15H,6,10,12H2,1-5H3. The Hall–Kier alpha value is -1.46. The molecule has 0 amide bonds. The second kappa shape index (κ2) is 9.65. The average molecular weight is 415 g/mol. The Labute approximate surface area is 164 Å². The third-order valence-corrected chi connectivity index (χ3v) is 6.86. The van der Waals surface area contributed by atoms with E-state index in [2.05, 4.69) is 17.1 Å². The molecule has 0 radical (unpaired) electrons. The fourth-order valence-corrected chi connectivity index (χ4v) is 4.12. The first-order valence-corrected chi connectivity index (χ1v) is 10.9. The van der Waals surface area contributed by atoms with Crippen molar-refractivity contribution >= 4 is 21.8 Å². The third kappa shape index (κ3) is 5.08. The minimum Gasteiger partial charge on any atom is -0.354 e. The molecule has 0 atom stereocenters. The van der Waals surface area contributed by atoms with Gasteiger partial charge in [-0.1, -0.05) is 30.8 Å². The van der Waals surface area contributed by atoms with Gasteiger partial charge in [0.1, 0.15) is 0 Å². The van der Waals surface area contributed by atoms with Crippen LogP contribution in [0.5, 0.6) is 0 Å². The monoisotopic (exact) mass is 414 g/mol. The quantitative estimate of drug-likeness (QED) is 0.435. The molecule has 0 fully saturated rings. The average Bonchev–Trinajstić information content (AvgIpc) is 3.06. The van der Waals surface area contributed by atoms with Crippen molar-refractivity contribution in [2.75, 3.05) is 34.1 Å². The summed E-state index contributed by atoms with van der Waals surface area (Å²) in [7, 11) is 2.61. The van der Waals surface area contributed by atoms with E-state index in [4.69, 9.17) is 9.47 Å². The van der Waals surface area contributed by atoms with Gasteiger partial charge < -0.3 is 9.47 Å². The third-order valence-electron chi connectivity index (χ3n) is 3.88. The first kappa shape index (κ1) is 21.8. The SMILES string of the molecule is CCCSc1nnc(-c2cccc(S(=O)(=O)N(C)C)c2)n1CC(OC)OC. The van der Waals surface area contributed by atoms with Gasteiger partial charge in [-0.2, -0.15) is 0 Å². The number of hydrogen-bond donors (Lipinski definition) is 0. The molecule has 2 rings (SSSR count). The first-order chi connectivity index (χ1) is 12.8. The molecular formula is C17H26N4O4S2. The van der Waals surface area contributed by atoms with Gasteiger partial charge in [0.25, 0.3) is 0 Å². The number of benzene rings is 1. The molecule has 0 unspecified atom stereocenters. The molecule has 0 aliphatic rings. The molecular weight excluding hydrogens is 388 g/mol. The zero-order valence-corrected chi connectivity index (χ0v) is 17.9. The van der Waals surface area contributed by atoms with Crippen molar-refractivity contribution in [1.29, 1.82) is 0 Å². The van der Waals surface area contributed by atoms with Crippen LogP contribution in [-0.2, 0) is 26.0 Å². The van der Waals surface area contributed by atoms with Crippen LogP contribution in [0, 0.1) is 0 Å². The maximum Gasteiger partial charge on any atom is 0.242 e. The van der Waals surface area contributed by atoms with Crippen molar-refractivity contribution in [2.24, 2.45) is 0 Å². The minimum absolute atomic E-state index is 0.206. The topological polar surface area (TPSA) is 86.6 Å². The van der Waals surface area contributed by atoms with E-state index in [1.807, 2.05) is 10.6 Å². The molecule has 1 aromatic carbocycles. The van der Waals surface area contributed by atoms with E-state index in [1.165, 1.54) is 18.4 Å². The number of sulfonamides is 1. The van der Waals surface area contributed by atoms with Crippen LogP contribution in [0.25, 0.3) is 11.4 Å². The summed E-state index contributed by atoms with van der Waals surface area (Å²) in [5.74, 6) is 1.47. The molecule has 0 spiro atoms. The molecule has 0 N–H and O–H groups in total. The number of ether oxygens (including phenoxy) is 2. The van der Waals surface area contributed by atoms with Gasteiger partial charge in [-0.05, 0) is 18.6 Å². The highest BCUT2D eigenvalue weighted by molar-refractivity contribution is 7.99. The predicted molar refractivity (Wildman–Crippen MR) is 105 cm³/mol. The summed E-state index contributed by atoms with van der Waals surface area (Å²) in [6.07, 6.45) is 0.538. The zero-order chi connectivity index (χ0) is 20.0. The minimum atomic E-state index is -3.54. The van der Waals surface area contributed by atoms with Gasteiger partial charge in [-0.3, -0.25) is 4.57 Å². The van der Waals surface area contributed by atoms with E-state index in [0.29, 0.717) is 17.9 Å². The Morgan fingerprint density at radius 2 is 1.93 bits per heavy atom. The van der Waals surface area contributed by atoms with Crippen molar-refractivity contribution in [3.63, 3.8) is 0 Å². The number of thioether (sulfide) groups is 1. The molecule has 0 saturated heterocycles. The molecule has 1 heterocycles. The molecule has 8 nitrogen and oxygen atoms in total. The van der Waals surface area contributed by atoms with Crippen molar-refractivity contribution < 1.29 is 17.9 Å². The second-order valence-corrected chi connectivity index (χ2v) is 9.20. The summed E-state index contributed by atoms with van der Waals surface area (Å²) >= 11 is 1.59. The lowest BCUT2D eigenvalue weighted by Crippen LogP contribution is -2.22. The maximum atomic E-state index is 12.5. The van der Waals surface area contributed by atoms with Crippen LogP contribution in [0.15, 0.2) is 34.3 Å². The predicted octanol–water partition coefficient (Wildman–Crippen LogP) is 2.32. The molecule has 2 aromatic rings. The smallest absolute Gasteiger partial charge is 0.242 e. The Morgan fingerprint density at radius 1 is 1.22 bits per heavy atom. The van der Waals surface area contributed by atoms with E-state index in [-0.39, 0.29) is 4.90 Å². The highest BCUT2D eigenvalue weighted by Crippen LogP contribution is 2.27. The molecule has 0 aliphatic carbocycles. The number of methoxy groups -OCH3 is 2. The molecule has 1 aromatic heterocycles. The fourth-order valence-electron chi connectivity index (χ4n) is 2.37. The molecule has 27 heavy (non-hydrogen) atoms. The van der Waals surface area contributed by atoms with E-state index in [9.17, 15) is 8.42 Å². The number of aromatic nitrogens is 3.